The van der Waals surface area contributed by atoms with Crippen LogP contribution in [0.3, 0.4) is 0 Å². The van der Waals surface area contributed by atoms with Gasteiger partial charge in [-0.1, -0.05) is 49.6 Å². The SMILES string of the molecule is Cc1ccc(C2CCC(C3COC(C4CCC(C)CC4)OC3)CC2)cc1. The van der Waals surface area contributed by atoms with Gasteiger partial charge in [0.15, 0.2) is 6.29 Å². The fraction of sp³-hybridized carbons (Fsp3) is 0.750. The molecule has 0 unspecified atom stereocenters. The van der Waals surface area contributed by atoms with Gasteiger partial charge in [-0.2, -0.15) is 0 Å². The molecular weight excluding hydrogens is 320 g/mol. The molecule has 0 spiro atoms. The van der Waals surface area contributed by atoms with Gasteiger partial charge in [0.05, 0.1) is 13.2 Å². The normalized spacial score (nSPS) is 38.8. The highest BCUT2D eigenvalue weighted by molar-refractivity contribution is 5.24. The minimum Gasteiger partial charge on any atom is -0.352 e. The van der Waals surface area contributed by atoms with Crippen molar-refractivity contribution in [2.24, 2.45) is 23.7 Å². The molecule has 2 nitrogen and oxygen atoms in total. The monoisotopic (exact) mass is 356 g/mol. The summed E-state index contributed by atoms with van der Waals surface area (Å²) < 4.78 is 12.4. The van der Waals surface area contributed by atoms with Crippen LogP contribution in [0.2, 0.25) is 0 Å². The highest BCUT2D eigenvalue weighted by Gasteiger charge is 2.35. The number of hydrogen-bond acceptors (Lipinski definition) is 2. The average Bonchev–Trinajstić information content (AvgIpc) is 2.70. The van der Waals surface area contributed by atoms with E-state index >= 15 is 0 Å². The van der Waals surface area contributed by atoms with Crippen molar-refractivity contribution in [1.82, 2.24) is 0 Å². The van der Waals surface area contributed by atoms with E-state index in [0.29, 0.717) is 11.8 Å². The Morgan fingerprint density at radius 1 is 0.692 bits per heavy atom. The maximum absolute atomic E-state index is 6.22. The van der Waals surface area contributed by atoms with Crippen molar-refractivity contribution in [2.75, 3.05) is 13.2 Å². The van der Waals surface area contributed by atoms with Crippen molar-refractivity contribution in [1.29, 1.82) is 0 Å². The second-order valence-electron chi connectivity index (χ2n) is 9.34. The lowest BCUT2D eigenvalue weighted by Gasteiger charge is -2.41. The highest BCUT2D eigenvalue weighted by Crippen LogP contribution is 2.41. The van der Waals surface area contributed by atoms with Gasteiger partial charge in [0, 0.05) is 11.8 Å². The van der Waals surface area contributed by atoms with E-state index in [-0.39, 0.29) is 6.29 Å². The van der Waals surface area contributed by atoms with Gasteiger partial charge in [-0.15, -0.1) is 0 Å². The van der Waals surface area contributed by atoms with E-state index in [4.69, 9.17) is 9.47 Å². The van der Waals surface area contributed by atoms with E-state index in [0.717, 1.165) is 31.0 Å². The molecule has 3 fully saturated rings. The Hall–Kier alpha value is -0.860. The summed E-state index contributed by atoms with van der Waals surface area (Å²) in [6.45, 7) is 6.40. The van der Waals surface area contributed by atoms with Crippen LogP contribution < -0.4 is 0 Å². The molecule has 0 N–H and O–H groups in total. The molecule has 144 valence electrons. The minimum atomic E-state index is 0.0858. The average molecular weight is 357 g/mol. The molecule has 0 bridgehead atoms. The maximum atomic E-state index is 6.22. The number of hydrogen-bond donors (Lipinski definition) is 0. The van der Waals surface area contributed by atoms with Gasteiger partial charge in [0.25, 0.3) is 0 Å². The van der Waals surface area contributed by atoms with Crippen LogP contribution in [0.25, 0.3) is 0 Å². The molecule has 2 saturated carbocycles. The first-order valence-corrected chi connectivity index (χ1v) is 11.0. The van der Waals surface area contributed by atoms with Gasteiger partial charge in [0.2, 0.25) is 0 Å². The lowest BCUT2D eigenvalue weighted by molar-refractivity contribution is -0.236. The summed E-state index contributed by atoms with van der Waals surface area (Å²) >= 11 is 0. The quantitative estimate of drug-likeness (QED) is 0.653. The lowest BCUT2D eigenvalue weighted by Crippen LogP contribution is -2.41. The lowest BCUT2D eigenvalue weighted by atomic mass is 9.74. The van der Waals surface area contributed by atoms with E-state index in [9.17, 15) is 0 Å². The van der Waals surface area contributed by atoms with Crippen molar-refractivity contribution < 1.29 is 9.47 Å². The van der Waals surface area contributed by atoms with Crippen molar-refractivity contribution in [3.8, 4) is 0 Å². The predicted octanol–water partition coefficient (Wildman–Crippen LogP) is 6.08. The summed E-state index contributed by atoms with van der Waals surface area (Å²) in [5.41, 5.74) is 2.90. The molecule has 0 aromatic heterocycles. The van der Waals surface area contributed by atoms with Gasteiger partial charge in [-0.05, 0) is 68.8 Å². The van der Waals surface area contributed by atoms with Crippen molar-refractivity contribution in [2.45, 2.75) is 77.4 Å². The molecule has 1 saturated heterocycles. The molecule has 0 amide bonds. The van der Waals surface area contributed by atoms with Crippen LogP contribution in [-0.2, 0) is 9.47 Å². The molecule has 3 aliphatic rings. The number of aryl methyl sites for hydroxylation is 1. The van der Waals surface area contributed by atoms with Crippen LogP contribution in [0, 0.1) is 30.6 Å². The molecule has 0 radical (unpaired) electrons. The standard InChI is InChI=1S/C24H36O2/c1-17-3-7-19(8-4-17)20-11-13-21(14-12-20)23-15-25-24(26-16-23)22-9-5-18(2)6-10-22/h3-4,7-8,18,20-24H,5-6,9-16H2,1-2H3. The zero-order valence-corrected chi connectivity index (χ0v) is 16.7. The Balaban J connectivity index is 1.23. The van der Waals surface area contributed by atoms with Crippen LogP contribution in [0.15, 0.2) is 24.3 Å². The van der Waals surface area contributed by atoms with Crippen LogP contribution in [0.5, 0.6) is 0 Å². The van der Waals surface area contributed by atoms with Gasteiger partial charge < -0.3 is 9.47 Å². The number of ether oxygens (including phenoxy) is 2. The number of rotatable bonds is 3. The topological polar surface area (TPSA) is 18.5 Å². The summed E-state index contributed by atoms with van der Waals surface area (Å²) in [6.07, 6.45) is 10.7. The predicted molar refractivity (Wildman–Crippen MR) is 106 cm³/mol. The minimum absolute atomic E-state index is 0.0858. The van der Waals surface area contributed by atoms with E-state index in [1.54, 1.807) is 0 Å². The molecule has 2 heteroatoms. The van der Waals surface area contributed by atoms with Gasteiger partial charge in [-0.25, -0.2) is 0 Å². The summed E-state index contributed by atoms with van der Waals surface area (Å²) in [7, 11) is 0. The Labute approximate surface area is 159 Å². The fourth-order valence-corrected chi connectivity index (χ4v) is 5.40. The van der Waals surface area contributed by atoms with Crippen LogP contribution in [0.4, 0.5) is 0 Å². The first kappa shape index (κ1) is 18.5. The summed E-state index contributed by atoms with van der Waals surface area (Å²) in [5, 5.41) is 0. The Morgan fingerprint density at radius 2 is 1.27 bits per heavy atom. The molecule has 1 heterocycles. The van der Waals surface area contributed by atoms with Gasteiger partial charge >= 0.3 is 0 Å². The molecule has 2 aliphatic carbocycles. The largest absolute Gasteiger partial charge is 0.352 e. The Bertz CT molecular complexity index is 542. The van der Waals surface area contributed by atoms with E-state index in [1.807, 2.05) is 0 Å². The maximum Gasteiger partial charge on any atom is 0.160 e. The summed E-state index contributed by atoms with van der Waals surface area (Å²) in [6, 6.07) is 9.19. The molecular formula is C24H36O2. The molecule has 1 aliphatic heterocycles. The summed E-state index contributed by atoms with van der Waals surface area (Å²) in [5.74, 6) is 3.71. The van der Waals surface area contributed by atoms with Crippen LogP contribution >= 0.6 is 0 Å². The van der Waals surface area contributed by atoms with E-state index < -0.39 is 0 Å². The van der Waals surface area contributed by atoms with Crippen molar-refractivity contribution >= 4 is 0 Å². The van der Waals surface area contributed by atoms with Gasteiger partial charge in [-0.3, -0.25) is 0 Å². The second-order valence-corrected chi connectivity index (χ2v) is 9.34. The highest BCUT2D eigenvalue weighted by atomic mass is 16.7. The van der Waals surface area contributed by atoms with E-state index in [2.05, 4.69) is 38.1 Å². The van der Waals surface area contributed by atoms with Crippen molar-refractivity contribution in [3.63, 3.8) is 0 Å². The van der Waals surface area contributed by atoms with Crippen molar-refractivity contribution in [3.05, 3.63) is 35.4 Å². The fourth-order valence-electron chi connectivity index (χ4n) is 5.40. The summed E-state index contributed by atoms with van der Waals surface area (Å²) in [4.78, 5) is 0. The smallest absolute Gasteiger partial charge is 0.160 e. The third-order valence-corrected chi connectivity index (χ3v) is 7.38. The third-order valence-electron chi connectivity index (χ3n) is 7.38. The third kappa shape index (κ3) is 4.34. The number of benzene rings is 1. The molecule has 1 aromatic rings. The first-order chi connectivity index (χ1) is 12.7. The van der Waals surface area contributed by atoms with E-state index in [1.165, 1.54) is 62.5 Å². The van der Waals surface area contributed by atoms with Crippen LogP contribution in [-0.4, -0.2) is 19.5 Å². The first-order valence-electron chi connectivity index (χ1n) is 11.0. The zero-order chi connectivity index (χ0) is 17.9. The zero-order valence-electron chi connectivity index (χ0n) is 16.7. The molecule has 26 heavy (non-hydrogen) atoms. The van der Waals surface area contributed by atoms with Gasteiger partial charge in [0.1, 0.15) is 0 Å². The second kappa shape index (κ2) is 8.44. The molecule has 1 aromatic carbocycles. The molecule has 4 rings (SSSR count). The Kier molecular flexibility index (Phi) is 6.00. The van der Waals surface area contributed by atoms with Crippen LogP contribution in [0.1, 0.15) is 75.3 Å². The molecule has 0 atom stereocenters. The Morgan fingerprint density at radius 3 is 1.88 bits per heavy atom.